The maximum atomic E-state index is 12.5. The summed E-state index contributed by atoms with van der Waals surface area (Å²) in [6.07, 6.45) is 0. The van der Waals surface area contributed by atoms with Gasteiger partial charge < -0.3 is 14.5 Å². The van der Waals surface area contributed by atoms with Crippen molar-refractivity contribution >= 4 is 11.3 Å². The fraction of sp³-hybridized carbons (Fsp3) is 0.333. The molecule has 1 aliphatic heterocycles. The van der Waals surface area contributed by atoms with Crippen LogP contribution >= 0.6 is 0 Å². The van der Waals surface area contributed by atoms with Gasteiger partial charge in [-0.3, -0.25) is 9.20 Å². The molecule has 3 aromatic rings. The van der Waals surface area contributed by atoms with Gasteiger partial charge in [0.15, 0.2) is 0 Å². The van der Waals surface area contributed by atoms with E-state index >= 15 is 0 Å². The average molecular weight is 365 g/mol. The number of nitrogens with one attached hydrogen (secondary N) is 1. The number of aryl methyl sites for hydroxylation is 1. The number of benzene rings is 1. The lowest BCUT2D eigenvalue weighted by Gasteiger charge is -2.33. The third-order valence-corrected chi connectivity index (χ3v) is 5.25. The molecule has 3 heterocycles. The Morgan fingerprint density at radius 2 is 1.89 bits per heavy atom. The smallest absolute Gasteiger partial charge is 0.258 e. The van der Waals surface area contributed by atoms with E-state index in [0.29, 0.717) is 0 Å². The van der Waals surface area contributed by atoms with Gasteiger partial charge in [0, 0.05) is 23.5 Å². The molecule has 0 spiro atoms. The first kappa shape index (κ1) is 17.5. The van der Waals surface area contributed by atoms with Crippen molar-refractivity contribution < 1.29 is 9.64 Å². The Kier molecular flexibility index (Phi) is 4.81. The lowest BCUT2D eigenvalue weighted by atomic mass is 10.2. The van der Waals surface area contributed by atoms with E-state index in [4.69, 9.17) is 9.72 Å². The summed E-state index contributed by atoms with van der Waals surface area (Å²) < 4.78 is 7.00. The van der Waals surface area contributed by atoms with E-state index in [1.54, 1.807) is 17.6 Å². The number of anilines is 1. The van der Waals surface area contributed by atoms with Crippen LogP contribution < -0.4 is 20.1 Å². The minimum atomic E-state index is 0.00233. The highest BCUT2D eigenvalue weighted by Gasteiger charge is 2.21. The van der Waals surface area contributed by atoms with Crippen molar-refractivity contribution in [1.82, 2.24) is 9.38 Å². The highest BCUT2D eigenvalue weighted by molar-refractivity contribution is 5.50. The van der Waals surface area contributed by atoms with E-state index in [1.807, 2.05) is 37.3 Å². The van der Waals surface area contributed by atoms with Crippen LogP contribution in [-0.4, -0.2) is 42.7 Å². The first-order valence-corrected chi connectivity index (χ1v) is 9.35. The van der Waals surface area contributed by atoms with Crippen LogP contribution in [0.3, 0.4) is 0 Å². The Morgan fingerprint density at radius 1 is 1.11 bits per heavy atom. The molecule has 6 nitrogen and oxygen atoms in total. The molecule has 0 amide bonds. The van der Waals surface area contributed by atoms with Crippen molar-refractivity contribution in [3.05, 3.63) is 70.3 Å². The van der Waals surface area contributed by atoms with Crippen LogP contribution in [0.15, 0.2) is 53.3 Å². The lowest BCUT2D eigenvalue weighted by molar-refractivity contribution is -0.914. The average Bonchev–Trinajstić information content (AvgIpc) is 2.68. The number of nitrogens with zero attached hydrogens (tertiary/aromatic N) is 3. The number of rotatable bonds is 4. The molecule has 27 heavy (non-hydrogen) atoms. The standard InChI is InChI=1S/C21H24N4O2/c1-16-5-3-8-20-22-17(13-21(26)25(16)20)15-23-9-11-24(12-10-23)18-6-4-7-19(14-18)27-2/h3-8,13-14H,9-12,15H2,1-2H3/p+1. The molecule has 0 saturated carbocycles. The first-order chi connectivity index (χ1) is 13.1. The summed E-state index contributed by atoms with van der Waals surface area (Å²) in [5.41, 5.74) is 3.71. The highest BCUT2D eigenvalue weighted by atomic mass is 16.5. The molecule has 1 N–H and O–H groups in total. The van der Waals surface area contributed by atoms with E-state index in [1.165, 1.54) is 10.6 Å². The number of hydrogen-bond acceptors (Lipinski definition) is 4. The summed E-state index contributed by atoms with van der Waals surface area (Å²) in [5.74, 6) is 0.887. The van der Waals surface area contributed by atoms with Gasteiger partial charge in [0.1, 0.15) is 23.6 Å². The van der Waals surface area contributed by atoms with Crippen molar-refractivity contribution in [2.24, 2.45) is 0 Å². The molecule has 1 aliphatic rings. The molecule has 0 atom stereocenters. The zero-order valence-electron chi connectivity index (χ0n) is 15.8. The fourth-order valence-electron chi connectivity index (χ4n) is 3.78. The van der Waals surface area contributed by atoms with E-state index < -0.39 is 0 Å². The van der Waals surface area contributed by atoms with Gasteiger partial charge in [0.05, 0.1) is 33.3 Å². The molecule has 6 heteroatoms. The van der Waals surface area contributed by atoms with Gasteiger partial charge in [-0.15, -0.1) is 0 Å². The Morgan fingerprint density at radius 3 is 2.67 bits per heavy atom. The predicted molar refractivity (Wildman–Crippen MR) is 106 cm³/mol. The monoisotopic (exact) mass is 365 g/mol. The van der Waals surface area contributed by atoms with Gasteiger partial charge >= 0.3 is 0 Å². The van der Waals surface area contributed by atoms with Crippen molar-refractivity contribution in [3.8, 4) is 5.75 Å². The van der Waals surface area contributed by atoms with Gasteiger partial charge in [0.2, 0.25) is 0 Å². The maximum Gasteiger partial charge on any atom is 0.258 e. The number of pyridine rings is 1. The van der Waals surface area contributed by atoms with Crippen molar-refractivity contribution in [1.29, 1.82) is 0 Å². The molecule has 0 aliphatic carbocycles. The first-order valence-electron chi connectivity index (χ1n) is 9.35. The van der Waals surface area contributed by atoms with Crippen LogP contribution in [0, 0.1) is 6.92 Å². The zero-order valence-corrected chi connectivity index (χ0v) is 15.8. The molecular formula is C21H25N4O2+. The molecule has 1 fully saturated rings. The second-order valence-corrected chi connectivity index (χ2v) is 7.06. The molecular weight excluding hydrogens is 340 g/mol. The Bertz CT molecular complexity index is 1010. The molecule has 0 bridgehead atoms. The van der Waals surface area contributed by atoms with E-state index in [2.05, 4.69) is 17.0 Å². The number of piperazine rings is 1. The van der Waals surface area contributed by atoms with Crippen LogP contribution in [0.25, 0.3) is 5.65 Å². The SMILES string of the molecule is COc1cccc(N2CC[NH+](Cc3cc(=O)n4c(C)cccc4n3)CC2)c1. The van der Waals surface area contributed by atoms with Crippen LogP contribution in [0.1, 0.15) is 11.4 Å². The van der Waals surface area contributed by atoms with Crippen LogP contribution in [0.5, 0.6) is 5.75 Å². The van der Waals surface area contributed by atoms with Crippen molar-refractivity contribution in [3.63, 3.8) is 0 Å². The summed E-state index contributed by atoms with van der Waals surface area (Å²) in [6.45, 7) is 6.71. The summed E-state index contributed by atoms with van der Waals surface area (Å²) >= 11 is 0. The van der Waals surface area contributed by atoms with Crippen LogP contribution in [0.4, 0.5) is 5.69 Å². The third kappa shape index (κ3) is 3.66. The molecule has 2 aromatic heterocycles. The summed E-state index contributed by atoms with van der Waals surface area (Å²) in [4.78, 5) is 21.0. The largest absolute Gasteiger partial charge is 0.497 e. The normalized spacial score (nSPS) is 15.3. The minimum absolute atomic E-state index is 0.00233. The number of quaternary nitrogens is 1. The fourth-order valence-corrected chi connectivity index (χ4v) is 3.78. The summed E-state index contributed by atoms with van der Waals surface area (Å²) in [7, 11) is 1.70. The molecule has 1 aromatic carbocycles. The Balaban J connectivity index is 1.45. The maximum absolute atomic E-state index is 12.5. The van der Waals surface area contributed by atoms with Crippen molar-refractivity contribution in [2.45, 2.75) is 13.5 Å². The predicted octanol–water partition coefficient (Wildman–Crippen LogP) is 0.917. The second kappa shape index (κ2) is 7.40. The number of fused-ring (bicyclic) bond motifs is 1. The number of methoxy groups -OCH3 is 1. The Labute approximate surface area is 158 Å². The quantitative estimate of drug-likeness (QED) is 0.747. The molecule has 0 radical (unpaired) electrons. The van der Waals surface area contributed by atoms with E-state index in [-0.39, 0.29) is 5.56 Å². The highest BCUT2D eigenvalue weighted by Crippen LogP contribution is 2.20. The van der Waals surface area contributed by atoms with E-state index in [9.17, 15) is 4.79 Å². The summed E-state index contributed by atoms with van der Waals surface area (Å²) in [5, 5.41) is 0. The third-order valence-electron chi connectivity index (χ3n) is 5.25. The number of ether oxygens (including phenoxy) is 1. The van der Waals surface area contributed by atoms with Crippen LogP contribution in [-0.2, 0) is 6.54 Å². The Hall–Kier alpha value is -2.86. The van der Waals surface area contributed by atoms with Gasteiger partial charge in [-0.25, -0.2) is 4.98 Å². The summed E-state index contributed by atoms with van der Waals surface area (Å²) in [6, 6.07) is 15.7. The molecule has 140 valence electrons. The van der Waals surface area contributed by atoms with E-state index in [0.717, 1.165) is 55.5 Å². The van der Waals surface area contributed by atoms with Crippen LogP contribution in [0.2, 0.25) is 0 Å². The topological polar surface area (TPSA) is 51.3 Å². The number of aromatic nitrogens is 2. The molecule has 0 unspecified atom stereocenters. The van der Waals surface area contributed by atoms with Gasteiger partial charge in [0.25, 0.3) is 5.56 Å². The van der Waals surface area contributed by atoms with Gasteiger partial charge in [-0.1, -0.05) is 12.1 Å². The number of hydrogen-bond donors (Lipinski definition) is 1. The molecule has 4 rings (SSSR count). The lowest BCUT2D eigenvalue weighted by Crippen LogP contribution is -3.13. The second-order valence-electron chi connectivity index (χ2n) is 7.06. The van der Waals surface area contributed by atoms with Gasteiger partial charge in [-0.2, -0.15) is 0 Å². The van der Waals surface area contributed by atoms with Gasteiger partial charge in [-0.05, 0) is 31.2 Å². The molecule has 1 saturated heterocycles. The minimum Gasteiger partial charge on any atom is -0.497 e. The van der Waals surface area contributed by atoms with Crippen molar-refractivity contribution in [2.75, 3.05) is 38.2 Å². The zero-order chi connectivity index (χ0) is 18.8.